The van der Waals surface area contributed by atoms with Crippen LogP contribution >= 0.6 is 11.6 Å². The molecule has 0 radical (unpaired) electrons. The fraction of sp³-hybridized carbons (Fsp3) is 0.133. The van der Waals surface area contributed by atoms with Gasteiger partial charge in [-0.15, -0.1) is 0 Å². The number of nitrogens with zero attached hydrogens (tertiary/aromatic N) is 3. The lowest BCUT2D eigenvalue weighted by molar-refractivity contribution is -0.0500. The second-order valence-corrected chi connectivity index (χ2v) is 5.09. The van der Waals surface area contributed by atoms with Crippen LogP contribution in [0.5, 0.6) is 5.75 Å². The quantitative estimate of drug-likeness (QED) is 0.723. The first-order valence-corrected chi connectivity index (χ1v) is 7.21. The predicted molar refractivity (Wildman–Crippen MR) is 82.9 cm³/mol. The summed E-state index contributed by atoms with van der Waals surface area (Å²) in [6.07, 6.45) is 1.22. The summed E-state index contributed by atoms with van der Waals surface area (Å²) in [4.78, 5) is 8.19. The molecule has 2 aromatic heterocycles. The highest BCUT2D eigenvalue weighted by atomic mass is 35.5. The normalized spacial score (nSPS) is 10.8. The lowest BCUT2D eigenvalue weighted by atomic mass is 10.2. The van der Waals surface area contributed by atoms with E-state index in [1.807, 2.05) is 6.07 Å². The van der Waals surface area contributed by atoms with Gasteiger partial charge in [-0.2, -0.15) is 13.8 Å². The standard InChI is InChI=1S/C15H11ClF2N4O2/c16-10-3-1-2-9(6-10)13-21-15(24-22-13)20-7-11-4-5-12(8-19-11)23-14(17)18/h1-6,8,14H,7H2,(H,20,21,22). The Balaban J connectivity index is 1.61. The van der Waals surface area contributed by atoms with Gasteiger partial charge in [-0.05, 0) is 24.3 Å². The topological polar surface area (TPSA) is 73.1 Å². The number of anilines is 1. The van der Waals surface area contributed by atoms with Gasteiger partial charge in [0.25, 0.3) is 0 Å². The van der Waals surface area contributed by atoms with E-state index in [1.165, 1.54) is 12.3 Å². The van der Waals surface area contributed by atoms with E-state index >= 15 is 0 Å². The largest absolute Gasteiger partial charge is 0.433 e. The van der Waals surface area contributed by atoms with Crippen LogP contribution in [0.25, 0.3) is 11.4 Å². The number of hydrogen-bond acceptors (Lipinski definition) is 6. The highest BCUT2D eigenvalue weighted by Gasteiger charge is 2.09. The lowest BCUT2D eigenvalue weighted by Gasteiger charge is -2.05. The van der Waals surface area contributed by atoms with E-state index < -0.39 is 6.61 Å². The molecule has 0 unspecified atom stereocenters. The van der Waals surface area contributed by atoms with Gasteiger partial charge in [0.2, 0.25) is 5.82 Å². The molecule has 24 heavy (non-hydrogen) atoms. The monoisotopic (exact) mass is 352 g/mol. The van der Waals surface area contributed by atoms with E-state index in [2.05, 4.69) is 25.2 Å². The highest BCUT2D eigenvalue weighted by molar-refractivity contribution is 6.30. The van der Waals surface area contributed by atoms with Crippen molar-refractivity contribution in [2.45, 2.75) is 13.2 Å². The maximum absolute atomic E-state index is 12.1. The van der Waals surface area contributed by atoms with Crippen molar-refractivity contribution in [3.05, 3.63) is 53.3 Å². The maximum Gasteiger partial charge on any atom is 0.387 e. The summed E-state index contributed by atoms with van der Waals surface area (Å²) in [6.45, 7) is -2.59. The highest BCUT2D eigenvalue weighted by Crippen LogP contribution is 2.21. The Morgan fingerprint density at radius 2 is 2.12 bits per heavy atom. The number of ether oxygens (including phenoxy) is 1. The van der Waals surface area contributed by atoms with E-state index in [0.717, 1.165) is 5.56 Å². The molecule has 9 heteroatoms. The minimum absolute atomic E-state index is 0.00483. The third kappa shape index (κ3) is 4.17. The van der Waals surface area contributed by atoms with Crippen LogP contribution in [0.1, 0.15) is 5.69 Å². The Hall–Kier alpha value is -2.74. The minimum atomic E-state index is -2.88. The fourth-order valence-corrected chi connectivity index (χ4v) is 2.08. The van der Waals surface area contributed by atoms with Gasteiger partial charge in [-0.25, -0.2) is 0 Å². The van der Waals surface area contributed by atoms with Gasteiger partial charge < -0.3 is 14.6 Å². The van der Waals surface area contributed by atoms with Gasteiger partial charge in [0, 0.05) is 10.6 Å². The number of benzene rings is 1. The summed E-state index contributed by atoms with van der Waals surface area (Å²) in [5, 5.41) is 7.33. The van der Waals surface area contributed by atoms with Gasteiger partial charge in [-0.3, -0.25) is 4.98 Å². The molecule has 0 atom stereocenters. The van der Waals surface area contributed by atoms with Gasteiger partial charge >= 0.3 is 12.6 Å². The lowest BCUT2D eigenvalue weighted by Crippen LogP contribution is -2.04. The SMILES string of the molecule is FC(F)Oc1ccc(CNc2nc(-c3cccc(Cl)c3)no2)nc1. The molecule has 1 aromatic carbocycles. The second-order valence-electron chi connectivity index (χ2n) is 4.65. The Kier molecular flexibility index (Phi) is 4.85. The van der Waals surface area contributed by atoms with E-state index in [0.29, 0.717) is 16.5 Å². The van der Waals surface area contributed by atoms with Crippen molar-refractivity contribution in [2.75, 3.05) is 5.32 Å². The van der Waals surface area contributed by atoms with Crippen LogP contribution in [0.3, 0.4) is 0 Å². The van der Waals surface area contributed by atoms with Gasteiger partial charge in [0.05, 0.1) is 18.4 Å². The molecule has 0 saturated carbocycles. The Morgan fingerprint density at radius 1 is 1.25 bits per heavy atom. The molecule has 0 saturated heterocycles. The van der Waals surface area contributed by atoms with Crippen molar-refractivity contribution in [3.63, 3.8) is 0 Å². The smallest absolute Gasteiger partial charge is 0.387 e. The summed E-state index contributed by atoms with van der Waals surface area (Å²) in [5.41, 5.74) is 1.32. The molecule has 2 heterocycles. The van der Waals surface area contributed by atoms with Crippen LogP contribution in [0.4, 0.5) is 14.8 Å². The van der Waals surface area contributed by atoms with E-state index in [1.54, 1.807) is 24.3 Å². The Bertz CT molecular complexity index is 811. The fourth-order valence-electron chi connectivity index (χ4n) is 1.89. The van der Waals surface area contributed by atoms with Crippen LogP contribution in [0, 0.1) is 0 Å². The van der Waals surface area contributed by atoms with Crippen molar-refractivity contribution in [3.8, 4) is 17.1 Å². The number of halogens is 3. The molecule has 0 amide bonds. The zero-order chi connectivity index (χ0) is 16.9. The molecule has 0 aliphatic heterocycles. The minimum Gasteiger partial charge on any atom is -0.433 e. The zero-order valence-corrected chi connectivity index (χ0v) is 12.9. The third-order valence-corrected chi connectivity index (χ3v) is 3.19. The first-order valence-electron chi connectivity index (χ1n) is 6.83. The molecule has 6 nitrogen and oxygen atoms in total. The average molecular weight is 353 g/mol. The third-order valence-electron chi connectivity index (χ3n) is 2.95. The van der Waals surface area contributed by atoms with Gasteiger partial charge in [0.15, 0.2) is 0 Å². The maximum atomic E-state index is 12.1. The Labute approximate surface area is 140 Å². The van der Waals surface area contributed by atoms with Crippen molar-refractivity contribution in [1.82, 2.24) is 15.1 Å². The number of pyridine rings is 1. The first kappa shape index (κ1) is 16.1. The van der Waals surface area contributed by atoms with Crippen molar-refractivity contribution in [2.24, 2.45) is 0 Å². The van der Waals surface area contributed by atoms with Gasteiger partial charge in [0.1, 0.15) is 5.75 Å². The molecule has 0 spiro atoms. The average Bonchev–Trinajstić information content (AvgIpc) is 3.03. The van der Waals surface area contributed by atoms with E-state index in [4.69, 9.17) is 16.1 Å². The number of rotatable bonds is 6. The summed E-state index contributed by atoms with van der Waals surface area (Å²) in [7, 11) is 0. The number of nitrogens with one attached hydrogen (secondary N) is 1. The van der Waals surface area contributed by atoms with Gasteiger partial charge in [-0.1, -0.05) is 28.9 Å². The van der Waals surface area contributed by atoms with Crippen LogP contribution in [0.2, 0.25) is 5.02 Å². The number of aromatic nitrogens is 3. The number of hydrogen-bond donors (Lipinski definition) is 1. The number of alkyl halides is 2. The summed E-state index contributed by atoms with van der Waals surface area (Å²) < 4.78 is 33.4. The molecular formula is C15H11ClF2N4O2. The molecule has 3 aromatic rings. The second kappa shape index (κ2) is 7.22. The summed E-state index contributed by atoms with van der Waals surface area (Å²) in [6, 6.07) is 10.2. The van der Waals surface area contributed by atoms with Crippen molar-refractivity contribution >= 4 is 17.6 Å². The molecule has 3 rings (SSSR count). The van der Waals surface area contributed by atoms with Crippen LogP contribution in [-0.4, -0.2) is 21.7 Å². The Morgan fingerprint density at radius 3 is 2.83 bits per heavy atom. The predicted octanol–water partition coefficient (Wildman–Crippen LogP) is 4.00. The van der Waals surface area contributed by atoms with Crippen molar-refractivity contribution < 1.29 is 18.0 Å². The molecular weight excluding hydrogens is 342 g/mol. The van der Waals surface area contributed by atoms with E-state index in [9.17, 15) is 8.78 Å². The molecule has 0 fully saturated rings. The first-order chi connectivity index (χ1) is 11.6. The van der Waals surface area contributed by atoms with Crippen LogP contribution < -0.4 is 10.1 Å². The summed E-state index contributed by atoms with van der Waals surface area (Å²) >= 11 is 5.92. The molecule has 0 aliphatic rings. The zero-order valence-electron chi connectivity index (χ0n) is 12.1. The molecule has 124 valence electrons. The molecule has 0 aliphatic carbocycles. The molecule has 1 N–H and O–H groups in total. The van der Waals surface area contributed by atoms with E-state index in [-0.39, 0.29) is 18.3 Å². The van der Waals surface area contributed by atoms with Crippen molar-refractivity contribution in [1.29, 1.82) is 0 Å². The van der Waals surface area contributed by atoms with Crippen LogP contribution in [0.15, 0.2) is 47.1 Å². The summed E-state index contributed by atoms with van der Waals surface area (Å²) in [5.74, 6) is 0.392. The molecule has 0 bridgehead atoms. The van der Waals surface area contributed by atoms with Crippen LogP contribution in [-0.2, 0) is 6.54 Å².